The van der Waals surface area contributed by atoms with Crippen molar-refractivity contribution in [3.8, 4) is 0 Å². The van der Waals surface area contributed by atoms with Crippen LogP contribution in [0.1, 0.15) is 37.8 Å². The summed E-state index contributed by atoms with van der Waals surface area (Å²) in [4.78, 5) is 23.6. The standard InChI is InChI=1S/C17H20N6O/c1-12-14(16(24)22-8-3-2-4-9-22)15(13-6-5-7-18-10-13)23-17(21-12)19-11-20-23/h5-7,10-11,15H,2-4,8-9H2,1H3,(H,19,20,21)/t15-/m0/s1. The highest BCUT2D eigenvalue weighted by Gasteiger charge is 2.35. The number of nitrogens with zero attached hydrogens (tertiary/aromatic N) is 5. The van der Waals surface area contributed by atoms with E-state index in [-0.39, 0.29) is 11.9 Å². The Morgan fingerprint density at radius 1 is 1.29 bits per heavy atom. The average molecular weight is 324 g/mol. The Labute approximate surface area is 140 Å². The summed E-state index contributed by atoms with van der Waals surface area (Å²) < 4.78 is 1.77. The lowest BCUT2D eigenvalue weighted by Gasteiger charge is -2.33. The van der Waals surface area contributed by atoms with Gasteiger partial charge in [0.1, 0.15) is 12.4 Å². The van der Waals surface area contributed by atoms with E-state index in [1.807, 2.05) is 24.0 Å². The highest BCUT2D eigenvalue weighted by atomic mass is 16.2. The predicted molar refractivity (Wildman–Crippen MR) is 89.2 cm³/mol. The first-order valence-corrected chi connectivity index (χ1v) is 8.32. The molecule has 1 saturated heterocycles. The summed E-state index contributed by atoms with van der Waals surface area (Å²) in [6.45, 7) is 3.57. The number of hydrogen-bond donors (Lipinski definition) is 1. The molecule has 0 spiro atoms. The first-order chi connectivity index (χ1) is 11.8. The lowest BCUT2D eigenvalue weighted by Crippen LogP contribution is -2.41. The van der Waals surface area contributed by atoms with E-state index >= 15 is 0 Å². The molecule has 4 heterocycles. The number of nitrogens with one attached hydrogen (secondary N) is 1. The normalized spacial score (nSPS) is 20.5. The molecule has 0 unspecified atom stereocenters. The fourth-order valence-electron chi connectivity index (χ4n) is 3.48. The summed E-state index contributed by atoms with van der Waals surface area (Å²) in [7, 11) is 0. The van der Waals surface area contributed by atoms with Crippen molar-refractivity contribution in [1.82, 2.24) is 24.6 Å². The lowest BCUT2D eigenvalue weighted by atomic mass is 9.95. The second-order valence-electron chi connectivity index (χ2n) is 6.23. The largest absolute Gasteiger partial charge is 0.339 e. The first kappa shape index (κ1) is 14.9. The Hall–Kier alpha value is -2.70. The van der Waals surface area contributed by atoms with E-state index in [1.54, 1.807) is 17.1 Å². The zero-order valence-electron chi connectivity index (χ0n) is 13.6. The Morgan fingerprint density at radius 3 is 2.88 bits per heavy atom. The van der Waals surface area contributed by atoms with Crippen LogP contribution in [0.4, 0.5) is 5.95 Å². The van der Waals surface area contributed by atoms with E-state index in [0.29, 0.717) is 5.95 Å². The molecule has 7 nitrogen and oxygen atoms in total. The van der Waals surface area contributed by atoms with E-state index in [9.17, 15) is 4.79 Å². The zero-order valence-corrected chi connectivity index (χ0v) is 13.6. The van der Waals surface area contributed by atoms with Gasteiger partial charge in [-0.3, -0.25) is 9.78 Å². The van der Waals surface area contributed by atoms with Gasteiger partial charge < -0.3 is 10.2 Å². The van der Waals surface area contributed by atoms with E-state index in [2.05, 4.69) is 20.4 Å². The lowest BCUT2D eigenvalue weighted by molar-refractivity contribution is -0.128. The molecular formula is C17H20N6O. The molecule has 1 amide bonds. The van der Waals surface area contributed by atoms with Crippen LogP contribution in [0, 0.1) is 0 Å². The smallest absolute Gasteiger partial charge is 0.254 e. The van der Waals surface area contributed by atoms with Crippen LogP contribution in [0.5, 0.6) is 0 Å². The zero-order chi connectivity index (χ0) is 16.5. The fourth-order valence-corrected chi connectivity index (χ4v) is 3.48. The Morgan fingerprint density at radius 2 is 2.12 bits per heavy atom. The third kappa shape index (κ3) is 2.46. The number of anilines is 1. The minimum absolute atomic E-state index is 0.0784. The van der Waals surface area contributed by atoms with Crippen LogP contribution in [0.15, 0.2) is 42.1 Å². The Bertz CT molecular complexity index is 775. The molecule has 1 atom stereocenters. The van der Waals surface area contributed by atoms with Gasteiger partial charge >= 0.3 is 0 Å². The van der Waals surface area contributed by atoms with Gasteiger partial charge in [-0.25, -0.2) is 4.68 Å². The van der Waals surface area contributed by atoms with Crippen LogP contribution in [0.3, 0.4) is 0 Å². The molecule has 2 aromatic heterocycles. The molecule has 0 saturated carbocycles. The van der Waals surface area contributed by atoms with Crippen LogP contribution in [-0.4, -0.2) is 43.6 Å². The van der Waals surface area contributed by atoms with Gasteiger partial charge in [-0.1, -0.05) is 6.07 Å². The van der Waals surface area contributed by atoms with Crippen LogP contribution in [-0.2, 0) is 4.79 Å². The molecule has 0 aliphatic carbocycles. The first-order valence-electron chi connectivity index (χ1n) is 8.32. The van der Waals surface area contributed by atoms with Gasteiger partial charge in [0.05, 0.1) is 5.57 Å². The second-order valence-corrected chi connectivity index (χ2v) is 6.23. The third-order valence-corrected chi connectivity index (χ3v) is 4.67. The number of pyridine rings is 1. The van der Waals surface area contributed by atoms with Gasteiger partial charge in [-0.05, 0) is 37.8 Å². The van der Waals surface area contributed by atoms with Crippen molar-refractivity contribution in [2.45, 2.75) is 32.2 Å². The van der Waals surface area contributed by atoms with E-state index in [4.69, 9.17) is 0 Å². The molecule has 0 bridgehead atoms. The number of aromatic nitrogens is 4. The van der Waals surface area contributed by atoms with Crippen molar-refractivity contribution in [3.63, 3.8) is 0 Å². The summed E-state index contributed by atoms with van der Waals surface area (Å²) in [5.74, 6) is 0.728. The molecule has 2 aromatic rings. The van der Waals surface area contributed by atoms with Gasteiger partial charge in [-0.2, -0.15) is 10.1 Å². The maximum atomic E-state index is 13.2. The van der Waals surface area contributed by atoms with Crippen LogP contribution in [0.25, 0.3) is 0 Å². The van der Waals surface area contributed by atoms with Gasteiger partial charge in [0, 0.05) is 31.2 Å². The summed E-state index contributed by atoms with van der Waals surface area (Å²) in [6.07, 6.45) is 8.36. The summed E-state index contributed by atoms with van der Waals surface area (Å²) in [6, 6.07) is 3.56. The van der Waals surface area contributed by atoms with Crippen LogP contribution < -0.4 is 5.32 Å². The number of likely N-dealkylation sites (tertiary alicyclic amines) is 1. The van der Waals surface area contributed by atoms with Crippen molar-refractivity contribution in [3.05, 3.63) is 47.7 Å². The van der Waals surface area contributed by atoms with E-state index in [1.165, 1.54) is 12.7 Å². The predicted octanol–water partition coefficient (Wildman–Crippen LogP) is 1.97. The topological polar surface area (TPSA) is 75.9 Å². The van der Waals surface area contributed by atoms with Gasteiger partial charge in [0.25, 0.3) is 5.91 Å². The van der Waals surface area contributed by atoms with Gasteiger partial charge in [-0.15, -0.1) is 0 Å². The van der Waals surface area contributed by atoms with Crippen LogP contribution in [0.2, 0.25) is 0 Å². The molecule has 1 N–H and O–H groups in total. The SMILES string of the molecule is CC1=C(C(=O)N2CCCCC2)[C@H](c2cccnc2)n2ncnc2N1. The number of piperidine rings is 1. The fraction of sp³-hybridized carbons (Fsp3) is 0.412. The highest BCUT2D eigenvalue weighted by molar-refractivity contribution is 5.96. The molecular weight excluding hydrogens is 304 g/mol. The third-order valence-electron chi connectivity index (χ3n) is 4.67. The molecule has 0 radical (unpaired) electrons. The molecule has 7 heteroatoms. The monoisotopic (exact) mass is 324 g/mol. The Kier molecular flexibility index (Phi) is 3.76. The number of hydrogen-bond acceptors (Lipinski definition) is 5. The maximum absolute atomic E-state index is 13.2. The van der Waals surface area contributed by atoms with Crippen molar-refractivity contribution in [2.24, 2.45) is 0 Å². The van der Waals surface area contributed by atoms with E-state index < -0.39 is 0 Å². The highest BCUT2D eigenvalue weighted by Crippen LogP contribution is 2.35. The number of rotatable bonds is 2. The molecule has 2 aliphatic rings. The molecule has 24 heavy (non-hydrogen) atoms. The number of carbonyl (C=O) groups is 1. The van der Waals surface area contributed by atoms with Crippen molar-refractivity contribution < 1.29 is 4.79 Å². The summed E-state index contributed by atoms with van der Waals surface area (Å²) in [5, 5.41) is 7.55. The van der Waals surface area contributed by atoms with Crippen LogP contribution >= 0.6 is 0 Å². The second kappa shape index (κ2) is 6.07. The van der Waals surface area contributed by atoms with Gasteiger partial charge in [0.15, 0.2) is 0 Å². The summed E-state index contributed by atoms with van der Waals surface area (Å²) in [5.41, 5.74) is 2.49. The molecule has 1 fully saturated rings. The number of allylic oxidation sites excluding steroid dienone is 1. The maximum Gasteiger partial charge on any atom is 0.254 e. The molecule has 4 rings (SSSR count). The van der Waals surface area contributed by atoms with Gasteiger partial charge in [0.2, 0.25) is 5.95 Å². The van der Waals surface area contributed by atoms with Crippen molar-refractivity contribution in [2.75, 3.05) is 18.4 Å². The van der Waals surface area contributed by atoms with E-state index in [0.717, 1.165) is 42.8 Å². The number of amides is 1. The summed E-state index contributed by atoms with van der Waals surface area (Å²) >= 11 is 0. The molecule has 2 aliphatic heterocycles. The van der Waals surface area contributed by atoms with Crippen molar-refractivity contribution in [1.29, 1.82) is 0 Å². The quantitative estimate of drug-likeness (QED) is 0.914. The minimum atomic E-state index is -0.299. The molecule has 124 valence electrons. The Balaban J connectivity index is 1.78. The number of carbonyl (C=O) groups excluding carboxylic acids is 1. The molecule has 0 aromatic carbocycles. The average Bonchev–Trinajstić information content (AvgIpc) is 3.09. The number of fused-ring (bicyclic) bond motifs is 1. The van der Waals surface area contributed by atoms with Crippen molar-refractivity contribution >= 4 is 11.9 Å². The minimum Gasteiger partial charge on any atom is -0.339 e.